The Kier molecular flexibility index (Phi) is 7.78. The second-order valence-corrected chi connectivity index (χ2v) is 15.2. The average molecular weight is 766 g/mol. The van der Waals surface area contributed by atoms with E-state index in [1.807, 2.05) is 36.4 Å². The maximum absolute atomic E-state index is 5.20. The van der Waals surface area contributed by atoms with Gasteiger partial charge in [0.25, 0.3) is 0 Å². The summed E-state index contributed by atoms with van der Waals surface area (Å²) >= 11 is 0. The fourth-order valence-electron chi connectivity index (χ4n) is 9.12. The van der Waals surface area contributed by atoms with Gasteiger partial charge in [0, 0.05) is 43.9 Å². The molecular formula is C55H35N5. The van der Waals surface area contributed by atoms with Gasteiger partial charge in [0.2, 0.25) is 0 Å². The molecule has 12 rings (SSSR count). The number of fused-ring (bicyclic) bond motifs is 7. The number of rotatable bonds is 6. The largest absolute Gasteiger partial charge is 0.309 e. The predicted octanol–water partition coefficient (Wildman–Crippen LogP) is 13.9. The quantitative estimate of drug-likeness (QED) is 0.169. The summed E-state index contributed by atoms with van der Waals surface area (Å²) in [5, 5.41) is 7.22. The van der Waals surface area contributed by atoms with Gasteiger partial charge >= 0.3 is 0 Å². The van der Waals surface area contributed by atoms with Crippen molar-refractivity contribution >= 4 is 54.4 Å². The minimum atomic E-state index is 0.615. The third-order valence-corrected chi connectivity index (χ3v) is 11.7. The van der Waals surface area contributed by atoms with E-state index < -0.39 is 0 Å². The average Bonchev–Trinajstić information content (AvgIpc) is 3.84. The molecule has 60 heavy (non-hydrogen) atoms. The van der Waals surface area contributed by atoms with Gasteiger partial charge in [-0.3, -0.25) is 0 Å². The van der Waals surface area contributed by atoms with Crippen molar-refractivity contribution in [1.29, 1.82) is 0 Å². The van der Waals surface area contributed by atoms with Crippen molar-refractivity contribution in [2.45, 2.75) is 0 Å². The Morgan fingerprint density at radius 3 is 1.47 bits per heavy atom. The lowest BCUT2D eigenvalue weighted by atomic mass is 9.95. The minimum absolute atomic E-state index is 0.615. The van der Waals surface area contributed by atoms with Crippen LogP contribution in [0.2, 0.25) is 0 Å². The second-order valence-electron chi connectivity index (χ2n) is 15.2. The van der Waals surface area contributed by atoms with E-state index in [4.69, 9.17) is 15.0 Å². The molecule has 5 nitrogen and oxygen atoms in total. The fraction of sp³-hybridized carbons (Fsp3) is 0. The van der Waals surface area contributed by atoms with Crippen LogP contribution in [-0.2, 0) is 0 Å². The Bertz CT molecular complexity index is 3530. The normalized spacial score (nSPS) is 11.7. The lowest BCUT2D eigenvalue weighted by Gasteiger charge is -2.15. The molecule has 5 heteroatoms. The molecule has 0 amide bonds. The van der Waals surface area contributed by atoms with Crippen LogP contribution < -0.4 is 0 Å². The lowest BCUT2D eigenvalue weighted by Crippen LogP contribution is -2.03. The van der Waals surface area contributed by atoms with E-state index in [1.54, 1.807) is 0 Å². The molecule has 0 unspecified atom stereocenters. The van der Waals surface area contributed by atoms with Gasteiger partial charge in [-0.25, -0.2) is 15.0 Å². The smallest absolute Gasteiger partial charge is 0.166 e. The zero-order valence-corrected chi connectivity index (χ0v) is 32.4. The van der Waals surface area contributed by atoms with Gasteiger partial charge in [0.05, 0.1) is 27.8 Å². The Morgan fingerprint density at radius 2 is 0.783 bits per heavy atom. The standard InChI is InChI=1S/C55H35N5/c1-4-18-36(19-5-1)53-56-54(37-20-6-2-7-21-37)58-55(57-53)44-27-13-15-31-47(44)60-49-33-17-29-42(52(49)45-34-38-22-10-11-23-39(38)35-50(45)60)41-28-16-32-48-51(41)43-26-12-14-30-46(43)59(48)40-24-8-3-9-25-40/h1-35H. The van der Waals surface area contributed by atoms with Crippen LogP contribution in [0.3, 0.4) is 0 Å². The van der Waals surface area contributed by atoms with E-state index in [9.17, 15) is 0 Å². The zero-order chi connectivity index (χ0) is 39.6. The van der Waals surface area contributed by atoms with Gasteiger partial charge in [-0.05, 0) is 76.5 Å². The second kappa shape index (κ2) is 13.8. The maximum atomic E-state index is 5.20. The topological polar surface area (TPSA) is 48.5 Å². The monoisotopic (exact) mass is 765 g/mol. The molecule has 0 bridgehead atoms. The number of benzene rings is 9. The van der Waals surface area contributed by atoms with Crippen LogP contribution in [0.15, 0.2) is 212 Å². The molecule has 0 radical (unpaired) electrons. The predicted molar refractivity (Wildman–Crippen MR) is 248 cm³/mol. The van der Waals surface area contributed by atoms with Gasteiger partial charge in [0.15, 0.2) is 17.5 Å². The van der Waals surface area contributed by atoms with Crippen LogP contribution >= 0.6 is 0 Å². The molecule has 12 aromatic rings. The van der Waals surface area contributed by atoms with Crippen molar-refractivity contribution in [3.8, 4) is 56.7 Å². The van der Waals surface area contributed by atoms with Crippen LogP contribution in [0, 0.1) is 0 Å². The molecule has 3 aromatic heterocycles. The summed E-state index contributed by atoms with van der Waals surface area (Å²) < 4.78 is 4.81. The van der Waals surface area contributed by atoms with E-state index in [-0.39, 0.29) is 0 Å². The zero-order valence-electron chi connectivity index (χ0n) is 32.4. The van der Waals surface area contributed by atoms with Gasteiger partial charge in [-0.15, -0.1) is 0 Å². The molecule has 280 valence electrons. The van der Waals surface area contributed by atoms with Crippen LogP contribution in [0.25, 0.3) is 111 Å². The van der Waals surface area contributed by atoms with Crippen LogP contribution in [0.4, 0.5) is 0 Å². The Labute approximate surface area is 346 Å². The third-order valence-electron chi connectivity index (χ3n) is 11.7. The highest BCUT2D eigenvalue weighted by molar-refractivity contribution is 6.23. The first-order valence-corrected chi connectivity index (χ1v) is 20.3. The number of aromatic nitrogens is 5. The molecule has 0 saturated carbocycles. The van der Waals surface area contributed by atoms with Crippen molar-refractivity contribution in [3.63, 3.8) is 0 Å². The molecule has 0 aliphatic rings. The molecule has 0 atom stereocenters. The Morgan fingerprint density at radius 1 is 0.300 bits per heavy atom. The Balaban J connectivity index is 1.16. The van der Waals surface area contributed by atoms with Crippen LogP contribution in [-0.4, -0.2) is 24.1 Å². The van der Waals surface area contributed by atoms with E-state index in [1.165, 1.54) is 54.5 Å². The first-order valence-electron chi connectivity index (χ1n) is 20.3. The number of nitrogens with zero attached hydrogens (tertiary/aromatic N) is 5. The lowest BCUT2D eigenvalue weighted by molar-refractivity contribution is 1.06. The highest BCUT2D eigenvalue weighted by atomic mass is 15.1. The van der Waals surface area contributed by atoms with Crippen molar-refractivity contribution in [2.75, 3.05) is 0 Å². The van der Waals surface area contributed by atoms with E-state index in [2.05, 4.69) is 185 Å². The molecule has 0 aliphatic carbocycles. The summed E-state index contributed by atoms with van der Waals surface area (Å²) in [6.45, 7) is 0. The third kappa shape index (κ3) is 5.37. The molecule has 0 N–H and O–H groups in total. The van der Waals surface area contributed by atoms with Gasteiger partial charge in [0.1, 0.15) is 0 Å². The van der Waals surface area contributed by atoms with E-state index in [0.717, 1.165) is 39.1 Å². The number of hydrogen-bond acceptors (Lipinski definition) is 3. The molecule has 9 aromatic carbocycles. The SMILES string of the molecule is c1ccc(-c2nc(-c3ccccc3)nc(-c3ccccc3-n3c4cc5ccccc5cc4c4c(-c5cccc6c5c5ccccc5n6-c5ccccc5)cccc43)n2)cc1. The summed E-state index contributed by atoms with van der Waals surface area (Å²) in [6, 6.07) is 75.1. The fourth-order valence-corrected chi connectivity index (χ4v) is 9.12. The first-order chi connectivity index (χ1) is 29.8. The molecular weight excluding hydrogens is 731 g/mol. The summed E-state index contributed by atoms with van der Waals surface area (Å²) in [5.41, 5.74) is 11.9. The minimum Gasteiger partial charge on any atom is -0.309 e. The molecule has 0 fully saturated rings. The molecule has 3 heterocycles. The maximum Gasteiger partial charge on any atom is 0.166 e. The summed E-state index contributed by atoms with van der Waals surface area (Å²) in [6.07, 6.45) is 0. The van der Waals surface area contributed by atoms with E-state index in [0.29, 0.717) is 17.5 Å². The number of para-hydroxylation sites is 3. The number of hydrogen-bond donors (Lipinski definition) is 0. The van der Waals surface area contributed by atoms with Gasteiger partial charge in [-0.1, -0.05) is 158 Å². The first kappa shape index (κ1) is 33.9. The summed E-state index contributed by atoms with van der Waals surface area (Å²) in [7, 11) is 0. The molecule has 0 saturated heterocycles. The van der Waals surface area contributed by atoms with Crippen molar-refractivity contribution in [3.05, 3.63) is 212 Å². The van der Waals surface area contributed by atoms with Gasteiger partial charge in [-0.2, -0.15) is 0 Å². The van der Waals surface area contributed by atoms with Crippen molar-refractivity contribution < 1.29 is 0 Å². The Hall–Kier alpha value is -8.15. The van der Waals surface area contributed by atoms with E-state index >= 15 is 0 Å². The van der Waals surface area contributed by atoms with Crippen LogP contribution in [0.1, 0.15) is 0 Å². The highest BCUT2D eigenvalue weighted by Gasteiger charge is 2.23. The summed E-state index contributed by atoms with van der Waals surface area (Å²) in [4.78, 5) is 15.4. The van der Waals surface area contributed by atoms with Crippen molar-refractivity contribution in [2.24, 2.45) is 0 Å². The molecule has 0 spiro atoms. The molecule has 0 aliphatic heterocycles. The van der Waals surface area contributed by atoms with Crippen LogP contribution in [0.5, 0.6) is 0 Å². The van der Waals surface area contributed by atoms with Gasteiger partial charge < -0.3 is 9.13 Å². The van der Waals surface area contributed by atoms with Crippen molar-refractivity contribution in [1.82, 2.24) is 24.1 Å². The highest BCUT2D eigenvalue weighted by Crippen LogP contribution is 2.45. The summed E-state index contributed by atoms with van der Waals surface area (Å²) in [5.74, 6) is 1.88.